The number of carbonyl (C=O) groups excluding carboxylic acids is 2. The number of rotatable bonds is 60. The summed E-state index contributed by atoms with van der Waals surface area (Å²) in [7, 11) is 5.97. The molecule has 0 aliphatic rings. The zero-order chi connectivity index (χ0) is 56.9. The van der Waals surface area contributed by atoms with Crippen LogP contribution in [0.3, 0.4) is 0 Å². The quantitative estimate of drug-likeness (QED) is 0.0211. The smallest absolute Gasteiger partial charge is 0.361 e. The molecular weight excluding hydrogens is 971 g/mol. The van der Waals surface area contributed by atoms with Crippen molar-refractivity contribution in [2.45, 2.75) is 302 Å². The van der Waals surface area contributed by atoms with Crippen LogP contribution >= 0.6 is 0 Å². The summed E-state index contributed by atoms with van der Waals surface area (Å²) in [5.74, 6) is -2.00. The Hall–Kier alpha value is -3.27. The Labute approximate surface area is 481 Å². The van der Waals surface area contributed by atoms with Crippen LogP contribution in [0, 0.1) is 0 Å². The van der Waals surface area contributed by atoms with Crippen molar-refractivity contribution in [2.24, 2.45) is 0 Å². The van der Waals surface area contributed by atoms with E-state index in [-0.39, 0.29) is 32.2 Å². The van der Waals surface area contributed by atoms with Crippen LogP contribution in [0.15, 0.2) is 72.9 Å². The maximum absolute atomic E-state index is 12.9. The van der Waals surface area contributed by atoms with Crippen molar-refractivity contribution in [3.05, 3.63) is 72.9 Å². The largest absolute Gasteiger partial charge is 0.477 e. The first-order valence-corrected chi connectivity index (χ1v) is 32.6. The van der Waals surface area contributed by atoms with E-state index in [9.17, 15) is 19.5 Å². The number of ether oxygens (including phenoxy) is 4. The minimum atomic E-state index is -1.51. The van der Waals surface area contributed by atoms with Crippen molar-refractivity contribution in [1.82, 2.24) is 0 Å². The Morgan fingerprint density at radius 3 is 1.09 bits per heavy atom. The highest BCUT2D eigenvalue weighted by Crippen LogP contribution is 2.17. The van der Waals surface area contributed by atoms with Gasteiger partial charge in [-0.2, -0.15) is 0 Å². The predicted molar refractivity (Wildman–Crippen MR) is 332 cm³/mol. The second-order valence-electron chi connectivity index (χ2n) is 23.0. The van der Waals surface area contributed by atoms with Crippen molar-refractivity contribution in [1.29, 1.82) is 0 Å². The lowest BCUT2D eigenvalue weighted by molar-refractivity contribution is -0.870. The van der Waals surface area contributed by atoms with Crippen molar-refractivity contribution >= 4 is 17.9 Å². The van der Waals surface area contributed by atoms with E-state index in [1.165, 1.54) is 180 Å². The topological polar surface area (TPSA) is 108 Å². The normalized spacial score (nSPS) is 13.2. The number of esters is 2. The summed E-state index contributed by atoms with van der Waals surface area (Å²) in [5.41, 5.74) is 0. The predicted octanol–water partition coefficient (Wildman–Crippen LogP) is 19.7. The number of aliphatic carboxylic acids is 1. The van der Waals surface area contributed by atoms with E-state index >= 15 is 0 Å². The molecular formula is C69H124NO8+. The SMILES string of the molecule is CC/C=C\C/C=C\C/C=C\C/C=C\CCCCCCCCCCCCCCCCCCCCCCCCC(=O)OC(COC(=O)CCCCCCCCC/C=C\C/C=C\CCCCCC)COC(OCC[N+](C)(C)C)C(=O)O. The number of nitrogens with zero attached hydrogens (tertiary/aromatic N) is 1. The fourth-order valence-corrected chi connectivity index (χ4v) is 9.21. The molecule has 0 amide bonds. The van der Waals surface area contributed by atoms with Gasteiger partial charge in [-0.05, 0) is 83.5 Å². The second-order valence-corrected chi connectivity index (χ2v) is 23.0. The van der Waals surface area contributed by atoms with Gasteiger partial charge < -0.3 is 28.5 Å². The number of carboxylic acids is 1. The average Bonchev–Trinajstić information content (AvgIpc) is 3.41. The Morgan fingerprint density at radius 1 is 0.397 bits per heavy atom. The van der Waals surface area contributed by atoms with Crippen LogP contribution in [0.4, 0.5) is 0 Å². The van der Waals surface area contributed by atoms with E-state index in [1.807, 2.05) is 21.1 Å². The Balaban J connectivity index is 4.06. The molecule has 0 saturated carbocycles. The molecule has 0 spiro atoms. The Bertz CT molecular complexity index is 1510. The van der Waals surface area contributed by atoms with Crippen LogP contribution in [0.1, 0.15) is 290 Å². The van der Waals surface area contributed by atoms with Crippen molar-refractivity contribution in [2.75, 3.05) is 47.5 Å². The first-order valence-electron chi connectivity index (χ1n) is 32.6. The Morgan fingerprint density at radius 2 is 0.731 bits per heavy atom. The Kier molecular flexibility index (Phi) is 57.3. The highest BCUT2D eigenvalue weighted by atomic mass is 16.7. The van der Waals surface area contributed by atoms with Gasteiger partial charge in [0, 0.05) is 12.8 Å². The van der Waals surface area contributed by atoms with E-state index < -0.39 is 24.3 Å². The maximum atomic E-state index is 12.9. The van der Waals surface area contributed by atoms with Crippen LogP contribution < -0.4 is 0 Å². The number of hydrogen-bond acceptors (Lipinski definition) is 7. The van der Waals surface area contributed by atoms with Gasteiger partial charge in [0.2, 0.25) is 0 Å². The zero-order valence-corrected chi connectivity index (χ0v) is 51.6. The molecule has 0 saturated heterocycles. The number of allylic oxidation sites excluding steroid dienone is 12. The number of carbonyl (C=O) groups is 3. The van der Waals surface area contributed by atoms with Gasteiger partial charge in [-0.1, -0.05) is 267 Å². The van der Waals surface area contributed by atoms with Crippen LogP contribution in [0.25, 0.3) is 0 Å². The molecule has 0 rings (SSSR count). The van der Waals surface area contributed by atoms with E-state index in [0.29, 0.717) is 17.4 Å². The highest BCUT2D eigenvalue weighted by molar-refractivity contribution is 5.71. The lowest BCUT2D eigenvalue weighted by Crippen LogP contribution is -2.40. The lowest BCUT2D eigenvalue weighted by Gasteiger charge is -2.25. The molecule has 2 atom stereocenters. The third-order valence-electron chi connectivity index (χ3n) is 14.2. The summed E-state index contributed by atoms with van der Waals surface area (Å²) >= 11 is 0. The second kappa shape index (κ2) is 59.8. The fraction of sp³-hybridized carbons (Fsp3) is 0.783. The summed E-state index contributed by atoms with van der Waals surface area (Å²) in [6.45, 7) is 4.77. The number of quaternary nitrogens is 1. The number of carboxylic acid groups (broad SMARTS) is 1. The summed E-state index contributed by atoms with van der Waals surface area (Å²) in [5, 5.41) is 9.72. The molecule has 9 nitrogen and oxygen atoms in total. The third kappa shape index (κ3) is 60.4. The van der Waals surface area contributed by atoms with E-state index in [4.69, 9.17) is 18.9 Å². The van der Waals surface area contributed by atoms with Crippen LogP contribution in [0.5, 0.6) is 0 Å². The molecule has 0 aromatic rings. The van der Waals surface area contributed by atoms with E-state index in [0.717, 1.165) is 83.5 Å². The molecule has 0 aliphatic carbocycles. The van der Waals surface area contributed by atoms with Gasteiger partial charge in [-0.25, -0.2) is 4.79 Å². The minimum absolute atomic E-state index is 0.185. The molecule has 0 heterocycles. The highest BCUT2D eigenvalue weighted by Gasteiger charge is 2.25. The molecule has 2 unspecified atom stereocenters. The van der Waals surface area contributed by atoms with Crippen molar-refractivity contribution < 1.29 is 42.9 Å². The van der Waals surface area contributed by atoms with Crippen LogP contribution in [0.2, 0.25) is 0 Å². The van der Waals surface area contributed by atoms with Crippen molar-refractivity contribution in [3.63, 3.8) is 0 Å². The maximum Gasteiger partial charge on any atom is 0.361 e. The van der Waals surface area contributed by atoms with Gasteiger partial charge in [-0.15, -0.1) is 0 Å². The summed E-state index contributed by atoms with van der Waals surface area (Å²) < 4.78 is 22.9. The number of unbranched alkanes of at least 4 members (excludes halogenated alkanes) is 33. The summed E-state index contributed by atoms with van der Waals surface area (Å²) in [4.78, 5) is 37.5. The van der Waals surface area contributed by atoms with Gasteiger partial charge >= 0.3 is 17.9 Å². The number of likely N-dealkylation sites (N-methyl/N-ethyl adjacent to an activating group) is 1. The van der Waals surface area contributed by atoms with Crippen LogP contribution in [-0.2, 0) is 33.3 Å². The van der Waals surface area contributed by atoms with Gasteiger partial charge in [-0.3, -0.25) is 9.59 Å². The van der Waals surface area contributed by atoms with Gasteiger partial charge in [0.25, 0.3) is 6.29 Å². The molecule has 0 radical (unpaired) electrons. The van der Waals surface area contributed by atoms with E-state index in [1.54, 1.807) is 0 Å². The lowest BCUT2D eigenvalue weighted by atomic mass is 10.0. The molecule has 452 valence electrons. The molecule has 0 fully saturated rings. The first-order chi connectivity index (χ1) is 38.1. The van der Waals surface area contributed by atoms with E-state index in [2.05, 4.69) is 86.8 Å². The standard InChI is InChI=1S/C69H123NO8/c1-6-8-10-12-14-16-18-20-22-24-26-27-28-29-30-31-32-33-34-35-36-37-38-39-40-41-42-44-46-48-50-52-54-56-58-60-67(72)78-65(64-77-69(68(73)74)75-62-61-70(3,4)5)63-76-66(71)59-57-55-53-51-49-47-45-43-25-23-21-19-17-15-13-11-9-7-2/h8,10,14,16-17,19-20,22-23,25-27,65,69H,6-7,9,11-13,15,18,21,24,28-64H2,1-5H3/p+1/b10-8-,16-14-,19-17-,22-20-,25-23-,27-26-. The molecule has 0 aliphatic heterocycles. The molecule has 0 aromatic heterocycles. The zero-order valence-electron chi connectivity index (χ0n) is 51.6. The molecule has 0 aromatic carbocycles. The minimum Gasteiger partial charge on any atom is -0.477 e. The first kappa shape index (κ1) is 74.7. The van der Waals surface area contributed by atoms with Crippen LogP contribution in [-0.4, -0.2) is 87.4 Å². The number of hydrogen-bond donors (Lipinski definition) is 1. The molecule has 78 heavy (non-hydrogen) atoms. The average molecular weight is 1100 g/mol. The molecule has 1 N–H and O–H groups in total. The molecule has 0 bridgehead atoms. The molecule has 9 heteroatoms. The van der Waals surface area contributed by atoms with Gasteiger partial charge in [0.05, 0.1) is 34.4 Å². The van der Waals surface area contributed by atoms with Crippen molar-refractivity contribution in [3.8, 4) is 0 Å². The fourth-order valence-electron chi connectivity index (χ4n) is 9.21. The monoisotopic (exact) mass is 1090 g/mol. The van der Waals surface area contributed by atoms with Gasteiger partial charge in [0.1, 0.15) is 13.2 Å². The third-order valence-corrected chi connectivity index (χ3v) is 14.2. The van der Waals surface area contributed by atoms with Gasteiger partial charge in [0.15, 0.2) is 6.10 Å². The summed E-state index contributed by atoms with van der Waals surface area (Å²) in [6, 6.07) is 0. The summed E-state index contributed by atoms with van der Waals surface area (Å²) in [6.07, 6.45) is 75.8.